The molecule has 7 nitrogen and oxygen atoms in total. The first-order chi connectivity index (χ1) is 12.4. The number of halogens is 1. The summed E-state index contributed by atoms with van der Waals surface area (Å²) in [5, 5.41) is 0. The summed E-state index contributed by atoms with van der Waals surface area (Å²) in [4.78, 5) is 13.4. The van der Waals surface area contributed by atoms with E-state index >= 15 is 0 Å². The number of methoxy groups -OCH3 is 1. The number of ether oxygens (including phenoxy) is 1. The molecule has 0 bridgehead atoms. The fraction of sp³-hybridized carbons (Fsp3) is 0.353. The zero-order valence-corrected chi connectivity index (χ0v) is 15.0. The Balaban J connectivity index is 1.60. The number of carbonyl (C=O) groups excluding carboxylic acids is 1. The van der Waals surface area contributed by atoms with Gasteiger partial charge in [0.1, 0.15) is 11.6 Å². The second-order valence-electron chi connectivity index (χ2n) is 5.90. The zero-order valence-electron chi connectivity index (χ0n) is 14.2. The average Bonchev–Trinajstić information content (AvgIpc) is 3.10. The number of hydrogen-bond acceptors (Lipinski definition) is 6. The maximum absolute atomic E-state index is 13.3. The van der Waals surface area contributed by atoms with Crippen LogP contribution in [0, 0.1) is 5.82 Å². The first kappa shape index (κ1) is 18.6. The van der Waals surface area contributed by atoms with Crippen molar-refractivity contribution in [3.63, 3.8) is 0 Å². The van der Waals surface area contributed by atoms with Crippen molar-refractivity contribution in [1.82, 2.24) is 9.21 Å². The molecular formula is C17H19FN2O5S. The molecule has 1 aromatic carbocycles. The smallest absolute Gasteiger partial charge is 0.373 e. The first-order valence-corrected chi connectivity index (χ1v) is 9.49. The summed E-state index contributed by atoms with van der Waals surface area (Å²) in [5.74, 6) is -0.382. The molecule has 0 N–H and O–H groups in total. The van der Waals surface area contributed by atoms with Crippen molar-refractivity contribution in [2.45, 2.75) is 11.4 Å². The van der Waals surface area contributed by atoms with Crippen LogP contribution < -0.4 is 0 Å². The molecule has 1 fully saturated rings. The van der Waals surface area contributed by atoms with Crippen LogP contribution in [0.5, 0.6) is 0 Å². The van der Waals surface area contributed by atoms with E-state index in [0.29, 0.717) is 38.5 Å². The summed E-state index contributed by atoms with van der Waals surface area (Å²) in [6.07, 6.45) is 0. The van der Waals surface area contributed by atoms with Crippen LogP contribution in [0.25, 0.3) is 0 Å². The third-order valence-electron chi connectivity index (χ3n) is 4.19. The van der Waals surface area contributed by atoms with Crippen molar-refractivity contribution in [1.29, 1.82) is 0 Å². The fourth-order valence-corrected chi connectivity index (χ4v) is 4.25. The molecule has 0 amide bonds. The summed E-state index contributed by atoms with van der Waals surface area (Å²) >= 11 is 0. The lowest BCUT2D eigenvalue weighted by Crippen LogP contribution is -2.48. The normalized spacial score (nSPS) is 16.5. The van der Waals surface area contributed by atoms with Gasteiger partial charge in [-0.3, -0.25) is 4.90 Å². The number of hydrogen-bond donors (Lipinski definition) is 0. The predicted molar refractivity (Wildman–Crippen MR) is 90.5 cm³/mol. The van der Waals surface area contributed by atoms with Gasteiger partial charge in [0.05, 0.1) is 18.6 Å². The van der Waals surface area contributed by atoms with Gasteiger partial charge in [0, 0.05) is 26.2 Å². The molecule has 26 heavy (non-hydrogen) atoms. The highest BCUT2D eigenvalue weighted by Crippen LogP contribution is 2.19. The second-order valence-corrected chi connectivity index (χ2v) is 7.83. The molecule has 0 atom stereocenters. The van der Waals surface area contributed by atoms with Crippen LogP contribution in [0.4, 0.5) is 4.39 Å². The summed E-state index contributed by atoms with van der Waals surface area (Å²) in [6.45, 7) is 2.06. The molecular weight excluding hydrogens is 363 g/mol. The summed E-state index contributed by atoms with van der Waals surface area (Å²) in [6, 6.07) is 8.26. The van der Waals surface area contributed by atoms with Crippen LogP contribution >= 0.6 is 0 Å². The Hall–Kier alpha value is -2.23. The molecule has 1 aromatic heterocycles. The van der Waals surface area contributed by atoms with Crippen molar-refractivity contribution >= 4 is 16.0 Å². The molecule has 9 heteroatoms. The van der Waals surface area contributed by atoms with Crippen LogP contribution in [0.2, 0.25) is 0 Å². The van der Waals surface area contributed by atoms with Gasteiger partial charge in [0.25, 0.3) is 0 Å². The van der Waals surface area contributed by atoms with Crippen molar-refractivity contribution in [3.05, 3.63) is 53.7 Å². The number of rotatable bonds is 5. The van der Waals surface area contributed by atoms with Crippen LogP contribution in [0.1, 0.15) is 16.3 Å². The van der Waals surface area contributed by atoms with Gasteiger partial charge in [0.2, 0.25) is 15.8 Å². The molecule has 2 heterocycles. The average molecular weight is 382 g/mol. The lowest BCUT2D eigenvalue weighted by molar-refractivity contribution is 0.0560. The van der Waals surface area contributed by atoms with E-state index in [4.69, 9.17) is 4.42 Å². The maximum Gasteiger partial charge on any atom is 0.373 e. The maximum atomic E-state index is 13.3. The molecule has 1 aliphatic heterocycles. The third kappa shape index (κ3) is 3.95. The van der Waals surface area contributed by atoms with Crippen LogP contribution in [0.3, 0.4) is 0 Å². The molecule has 0 spiro atoms. The van der Waals surface area contributed by atoms with E-state index in [9.17, 15) is 17.6 Å². The van der Waals surface area contributed by atoms with Gasteiger partial charge in [-0.2, -0.15) is 4.31 Å². The van der Waals surface area contributed by atoms with E-state index in [1.807, 2.05) is 4.90 Å². The van der Waals surface area contributed by atoms with Crippen LogP contribution in [-0.2, 0) is 21.3 Å². The number of sulfonamides is 1. The van der Waals surface area contributed by atoms with Crippen molar-refractivity contribution in [3.8, 4) is 0 Å². The van der Waals surface area contributed by atoms with E-state index in [1.54, 1.807) is 12.1 Å². The topological polar surface area (TPSA) is 80.1 Å². The quantitative estimate of drug-likeness (QED) is 0.733. The van der Waals surface area contributed by atoms with Gasteiger partial charge in [-0.25, -0.2) is 17.6 Å². The number of esters is 1. The van der Waals surface area contributed by atoms with Gasteiger partial charge in [-0.15, -0.1) is 0 Å². The number of piperazine rings is 1. The van der Waals surface area contributed by atoms with E-state index in [1.165, 1.54) is 29.6 Å². The van der Waals surface area contributed by atoms with Crippen LogP contribution in [-0.4, -0.2) is 56.9 Å². The van der Waals surface area contributed by atoms with E-state index in [-0.39, 0.29) is 10.7 Å². The van der Waals surface area contributed by atoms with E-state index in [2.05, 4.69) is 4.74 Å². The fourth-order valence-electron chi connectivity index (χ4n) is 2.80. The largest absolute Gasteiger partial charge is 0.463 e. The van der Waals surface area contributed by atoms with Crippen molar-refractivity contribution in [2.75, 3.05) is 33.3 Å². The lowest BCUT2D eigenvalue weighted by atomic mass is 10.3. The molecule has 1 aliphatic rings. The highest BCUT2D eigenvalue weighted by Gasteiger charge is 2.29. The molecule has 1 saturated heterocycles. The van der Waals surface area contributed by atoms with Gasteiger partial charge in [-0.05, 0) is 30.3 Å². The first-order valence-electron chi connectivity index (χ1n) is 8.05. The standard InChI is InChI=1S/C17H19FN2O5S/c1-24-17(21)16-6-5-14(25-16)12-19-7-9-20(10-8-19)26(22,23)15-4-2-3-13(18)11-15/h2-6,11H,7-10,12H2,1H3. The Morgan fingerprint density at radius 2 is 1.92 bits per heavy atom. The van der Waals surface area contributed by atoms with Crippen LogP contribution in [0.15, 0.2) is 45.7 Å². The minimum absolute atomic E-state index is 0.0419. The molecule has 0 unspecified atom stereocenters. The van der Waals surface area contributed by atoms with Crippen molar-refractivity contribution < 1.29 is 26.8 Å². The van der Waals surface area contributed by atoms with E-state index in [0.717, 1.165) is 6.07 Å². The summed E-state index contributed by atoms with van der Waals surface area (Å²) in [7, 11) is -2.43. The Labute approximate surface area is 151 Å². The molecule has 0 saturated carbocycles. The lowest BCUT2D eigenvalue weighted by Gasteiger charge is -2.33. The Morgan fingerprint density at radius 3 is 2.58 bits per heavy atom. The Bertz CT molecular complexity index is 888. The second kappa shape index (κ2) is 7.56. The van der Waals surface area contributed by atoms with Gasteiger partial charge in [-0.1, -0.05) is 6.07 Å². The highest BCUT2D eigenvalue weighted by atomic mass is 32.2. The monoisotopic (exact) mass is 382 g/mol. The number of nitrogens with zero attached hydrogens (tertiary/aromatic N) is 2. The molecule has 140 valence electrons. The zero-order chi connectivity index (χ0) is 18.7. The highest BCUT2D eigenvalue weighted by molar-refractivity contribution is 7.89. The van der Waals surface area contributed by atoms with Gasteiger partial charge >= 0.3 is 5.97 Å². The van der Waals surface area contributed by atoms with E-state index < -0.39 is 21.8 Å². The molecule has 0 aliphatic carbocycles. The SMILES string of the molecule is COC(=O)c1ccc(CN2CCN(S(=O)(=O)c3cccc(F)c3)CC2)o1. The molecule has 2 aromatic rings. The minimum atomic E-state index is -3.71. The van der Waals surface area contributed by atoms with Gasteiger partial charge in [0.15, 0.2) is 0 Å². The summed E-state index contributed by atoms with van der Waals surface area (Å²) in [5.41, 5.74) is 0. The predicted octanol–water partition coefficient (Wildman–Crippen LogP) is 1.71. The van der Waals surface area contributed by atoms with Crippen molar-refractivity contribution in [2.24, 2.45) is 0 Å². The minimum Gasteiger partial charge on any atom is -0.463 e. The Morgan fingerprint density at radius 1 is 1.19 bits per heavy atom. The van der Waals surface area contributed by atoms with Gasteiger partial charge < -0.3 is 9.15 Å². The summed E-state index contributed by atoms with van der Waals surface area (Å²) < 4.78 is 49.9. The molecule has 0 radical (unpaired) electrons. The Kier molecular flexibility index (Phi) is 5.40. The number of carbonyl (C=O) groups is 1. The third-order valence-corrected chi connectivity index (χ3v) is 6.09. The number of furan rings is 1. The number of benzene rings is 1. The molecule has 3 rings (SSSR count).